The van der Waals surface area contributed by atoms with Crippen LogP contribution in [0, 0.1) is 0 Å². The fourth-order valence-electron chi connectivity index (χ4n) is 3.63. The van der Waals surface area contributed by atoms with Gasteiger partial charge in [0, 0.05) is 50.3 Å². The summed E-state index contributed by atoms with van der Waals surface area (Å²) in [6, 6.07) is 12.8. The zero-order chi connectivity index (χ0) is 20.6. The monoisotopic (exact) mass is 406 g/mol. The molecule has 1 aliphatic heterocycles. The summed E-state index contributed by atoms with van der Waals surface area (Å²) in [6.07, 6.45) is -2.69. The number of nitrogens with zero attached hydrogens (tertiary/aromatic N) is 1. The fraction of sp³-hybridized carbons (Fsp3) is 0.455. The third-order valence-electron chi connectivity index (χ3n) is 5.11. The molecule has 1 heterocycles. The molecule has 0 radical (unpaired) electrons. The number of nitrogens with one attached hydrogen (secondary N) is 1. The molecule has 29 heavy (non-hydrogen) atoms. The normalized spacial score (nSPS) is 15.9. The molecule has 1 aliphatic rings. The molecule has 0 unspecified atom stereocenters. The maximum Gasteiger partial charge on any atom is 0.240 e. The molecule has 0 bridgehead atoms. The van der Waals surface area contributed by atoms with Crippen LogP contribution in [0.3, 0.4) is 0 Å². The van der Waals surface area contributed by atoms with Crippen LogP contribution in [-0.4, -0.2) is 51.7 Å². The lowest BCUT2D eigenvalue weighted by Crippen LogP contribution is -2.45. The number of piperazine rings is 1. The summed E-state index contributed by atoms with van der Waals surface area (Å²) < 4.78 is 43.9. The van der Waals surface area contributed by atoms with E-state index in [1.165, 1.54) is 0 Å². The van der Waals surface area contributed by atoms with E-state index in [9.17, 15) is 8.78 Å². The Balaban J connectivity index is 1.97. The molecule has 1 saturated heterocycles. The maximum absolute atomic E-state index is 13.5. The van der Waals surface area contributed by atoms with Gasteiger partial charge in [-0.1, -0.05) is 30.3 Å². The van der Waals surface area contributed by atoms with Gasteiger partial charge in [0.25, 0.3) is 0 Å². The summed E-state index contributed by atoms with van der Waals surface area (Å²) >= 11 is 0. The zero-order valence-electron chi connectivity index (χ0n) is 16.9. The summed E-state index contributed by atoms with van der Waals surface area (Å²) in [5.74, 6) is 1.55. The average molecular weight is 406 g/mol. The lowest BCUT2D eigenvalue weighted by molar-refractivity contribution is 0.0723. The van der Waals surface area contributed by atoms with E-state index in [1.54, 1.807) is 26.4 Å². The van der Waals surface area contributed by atoms with Gasteiger partial charge in [0.1, 0.15) is 12.4 Å². The number of benzene rings is 2. The molecule has 0 spiro atoms. The first-order chi connectivity index (χ1) is 14.1. The van der Waals surface area contributed by atoms with E-state index in [0.717, 1.165) is 18.7 Å². The number of ether oxygens (including phenoxy) is 3. The number of rotatable bonds is 9. The van der Waals surface area contributed by atoms with Crippen LogP contribution in [0.2, 0.25) is 0 Å². The van der Waals surface area contributed by atoms with Gasteiger partial charge in [0.15, 0.2) is 11.5 Å². The molecular weight excluding hydrogens is 378 g/mol. The van der Waals surface area contributed by atoms with Crippen molar-refractivity contribution in [3.63, 3.8) is 0 Å². The lowest BCUT2D eigenvalue weighted by Gasteiger charge is -2.36. The number of methoxy groups -OCH3 is 2. The van der Waals surface area contributed by atoms with Gasteiger partial charge in [-0.25, -0.2) is 8.78 Å². The van der Waals surface area contributed by atoms with E-state index in [2.05, 4.69) is 10.2 Å². The van der Waals surface area contributed by atoms with Crippen LogP contribution in [0.4, 0.5) is 8.78 Å². The topological polar surface area (TPSA) is 43.0 Å². The molecule has 158 valence electrons. The standard InChI is InChI=1S/C22H28F2N2O3/c1-27-20-12-17(18(13-22(23)24)26-10-8-25-9-11-26)19(14-21(20)28-2)29-15-16-6-4-3-5-7-16/h3-7,12,14,18,22,25H,8-11,13,15H2,1-2H3/t18-/m1/s1. The minimum atomic E-state index is -2.43. The minimum Gasteiger partial charge on any atom is -0.493 e. The van der Waals surface area contributed by atoms with Gasteiger partial charge < -0.3 is 19.5 Å². The summed E-state index contributed by atoms with van der Waals surface area (Å²) in [7, 11) is 3.09. The summed E-state index contributed by atoms with van der Waals surface area (Å²) in [5, 5.41) is 3.27. The van der Waals surface area contributed by atoms with Crippen molar-refractivity contribution in [1.29, 1.82) is 0 Å². The molecule has 0 aromatic heterocycles. The highest BCUT2D eigenvalue weighted by atomic mass is 19.3. The van der Waals surface area contributed by atoms with E-state index in [1.807, 2.05) is 30.3 Å². The van der Waals surface area contributed by atoms with Crippen molar-refractivity contribution in [3.05, 3.63) is 53.6 Å². The summed E-state index contributed by atoms with van der Waals surface area (Å²) in [6.45, 7) is 3.28. The summed E-state index contributed by atoms with van der Waals surface area (Å²) in [4.78, 5) is 2.08. The highest BCUT2D eigenvalue weighted by Crippen LogP contribution is 2.41. The largest absolute Gasteiger partial charge is 0.493 e. The molecule has 1 atom stereocenters. The van der Waals surface area contributed by atoms with Crippen molar-refractivity contribution >= 4 is 0 Å². The number of halogens is 2. The Morgan fingerprint density at radius 2 is 1.62 bits per heavy atom. The maximum atomic E-state index is 13.5. The first-order valence-electron chi connectivity index (χ1n) is 9.78. The van der Waals surface area contributed by atoms with Crippen LogP contribution in [0.15, 0.2) is 42.5 Å². The van der Waals surface area contributed by atoms with Crippen molar-refractivity contribution < 1.29 is 23.0 Å². The van der Waals surface area contributed by atoms with Crippen molar-refractivity contribution in [2.75, 3.05) is 40.4 Å². The van der Waals surface area contributed by atoms with E-state index in [-0.39, 0.29) is 6.42 Å². The molecule has 0 aliphatic carbocycles. The zero-order valence-corrected chi connectivity index (χ0v) is 16.9. The van der Waals surface area contributed by atoms with Gasteiger partial charge in [-0.2, -0.15) is 0 Å². The number of hydrogen-bond acceptors (Lipinski definition) is 5. The van der Waals surface area contributed by atoms with Crippen LogP contribution in [0.5, 0.6) is 17.2 Å². The van der Waals surface area contributed by atoms with Crippen molar-refractivity contribution in [1.82, 2.24) is 10.2 Å². The van der Waals surface area contributed by atoms with Crippen molar-refractivity contribution in [3.8, 4) is 17.2 Å². The highest BCUT2D eigenvalue weighted by Gasteiger charge is 2.29. The molecule has 0 saturated carbocycles. The van der Waals surface area contributed by atoms with Gasteiger partial charge in [0.05, 0.1) is 14.2 Å². The summed E-state index contributed by atoms with van der Waals surface area (Å²) in [5.41, 5.74) is 1.70. The minimum absolute atomic E-state index is 0.267. The molecule has 1 fully saturated rings. The Kier molecular flexibility index (Phi) is 7.66. The molecule has 2 aromatic carbocycles. The van der Waals surface area contributed by atoms with E-state index in [4.69, 9.17) is 14.2 Å². The van der Waals surface area contributed by atoms with Gasteiger partial charge in [-0.05, 0) is 11.6 Å². The molecule has 0 amide bonds. The van der Waals surface area contributed by atoms with Crippen molar-refractivity contribution in [2.24, 2.45) is 0 Å². The second-order valence-corrected chi connectivity index (χ2v) is 6.95. The number of hydrogen-bond donors (Lipinski definition) is 1. The smallest absolute Gasteiger partial charge is 0.240 e. The van der Waals surface area contributed by atoms with Gasteiger partial charge in [-0.3, -0.25) is 4.90 Å². The fourth-order valence-corrected chi connectivity index (χ4v) is 3.63. The van der Waals surface area contributed by atoms with E-state index >= 15 is 0 Å². The molecular formula is C22H28F2N2O3. The Bertz CT molecular complexity index is 768. The first-order valence-corrected chi connectivity index (χ1v) is 9.78. The van der Waals surface area contributed by atoms with Crippen LogP contribution in [0.25, 0.3) is 0 Å². The Morgan fingerprint density at radius 3 is 2.24 bits per heavy atom. The second-order valence-electron chi connectivity index (χ2n) is 6.95. The predicted molar refractivity (Wildman–Crippen MR) is 108 cm³/mol. The van der Waals surface area contributed by atoms with Gasteiger partial charge >= 0.3 is 0 Å². The highest BCUT2D eigenvalue weighted by molar-refractivity contribution is 5.52. The van der Waals surface area contributed by atoms with Crippen molar-refractivity contribution in [2.45, 2.75) is 25.5 Å². The van der Waals surface area contributed by atoms with Crippen LogP contribution >= 0.6 is 0 Å². The van der Waals surface area contributed by atoms with E-state index in [0.29, 0.717) is 42.5 Å². The van der Waals surface area contributed by atoms with Gasteiger partial charge in [-0.15, -0.1) is 0 Å². The lowest BCUT2D eigenvalue weighted by atomic mass is 9.99. The van der Waals surface area contributed by atoms with Crippen LogP contribution < -0.4 is 19.5 Å². The molecule has 3 rings (SSSR count). The molecule has 5 nitrogen and oxygen atoms in total. The first kappa shape index (κ1) is 21.3. The van der Waals surface area contributed by atoms with Gasteiger partial charge in [0.2, 0.25) is 6.43 Å². The predicted octanol–water partition coefficient (Wildman–Crippen LogP) is 3.88. The quantitative estimate of drug-likeness (QED) is 0.685. The molecule has 1 N–H and O–H groups in total. The average Bonchev–Trinajstić information content (AvgIpc) is 2.76. The number of alkyl halides is 2. The SMILES string of the molecule is COc1cc(OCc2ccccc2)c([C@@H](CC(F)F)N2CCNCC2)cc1OC. The molecule has 2 aromatic rings. The Labute approximate surface area is 170 Å². The van der Waals surface area contributed by atoms with E-state index < -0.39 is 12.5 Å². The molecule has 7 heteroatoms. The Hall–Kier alpha value is -2.38. The second kappa shape index (κ2) is 10.4. The van der Waals surface area contributed by atoms with Crippen LogP contribution in [-0.2, 0) is 6.61 Å². The third kappa shape index (κ3) is 5.58. The third-order valence-corrected chi connectivity index (χ3v) is 5.11. The Morgan fingerprint density at radius 1 is 0.966 bits per heavy atom. The van der Waals surface area contributed by atoms with Crippen LogP contribution in [0.1, 0.15) is 23.6 Å².